The molecule has 6 heteroatoms. The minimum Gasteiger partial charge on any atom is -0.301 e. The van der Waals surface area contributed by atoms with Gasteiger partial charge in [0.2, 0.25) is 10.0 Å². The maximum Gasteiger partial charge on any atom is 0.240 e. The second kappa shape index (κ2) is 8.06. The molecule has 22 heavy (non-hydrogen) atoms. The topological polar surface area (TPSA) is 52.6 Å². The summed E-state index contributed by atoms with van der Waals surface area (Å²) in [4.78, 5) is 5.13. The fourth-order valence-electron chi connectivity index (χ4n) is 2.69. The van der Waals surface area contributed by atoms with E-state index in [1.807, 2.05) is 19.1 Å². The van der Waals surface area contributed by atoms with Crippen molar-refractivity contribution in [1.82, 2.24) is 14.5 Å². The highest BCUT2D eigenvalue weighted by Gasteiger charge is 2.17. The summed E-state index contributed by atoms with van der Waals surface area (Å²) in [5, 5.41) is 0. The minimum atomic E-state index is -3.38. The number of aryl methyl sites for hydroxylation is 1. The van der Waals surface area contributed by atoms with Crippen LogP contribution in [0.15, 0.2) is 29.2 Å². The zero-order valence-corrected chi connectivity index (χ0v) is 14.4. The Morgan fingerprint density at radius 2 is 1.55 bits per heavy atom. The van der Waals surface area contributed by atoms with E-state index in [4.69, 9.17) is 0 Å². The predicted molar refractivity (Wildman–Crippen MR) is 89.5 cm³/mol. The number of nitrogens with one attached hydrogen (secondary N) is 1. The summed E-state index contributed by atoms with van der Waals surface area (Å²) in [6, 6.07) is 6.95. The Labute approximate surface area is 134 Å². The van der Waals surface area contributed by atoms with Crippen LogP contribution in [0.2, 0.25) is 0 Å². The summed E-state index contributed by atoms with van der Waals surface area (Å²) in [6.45, 7) is 10.7. The first-order valence-corrected chi connectivity index (χ1v) is 9.50. The third kappa shape index (κ3) is 5.05. The second-order valence-corrected chi connectivity index (χ2v) is 7.66. The molecule has 1 fully saturated rings. The lowest BCUT2D eigenvalue weighted by molar-refractivity contribution is 0.134. The van der Waals surface area contributed by atoms with Crippen molar-refractivity contribution in [1.29, 1.82) is 0 Å². The second-order valence-electron chi connectivity index (χ2n) is 5.89. The molecule has 1 aromatic rings. The van der Waals surface area contributed by atoms with Crippen LogP contribution in [0.25, 0.3) is 0 Å². The van der Waals surface area contributed by atoms with Gasteiger partial charge in [-0.3, -0.25) is 4.90 Å². The lowest BCUT2D eigenvalue weighted by atomic mass is 10.2. The van der Waals surface area contributed by atoms with Crippen molar-refractivity contribution in [2.24, 2.45) is 0 Å². The summed E-state index contributed by atoms with van der Waals surface area (Å²) < 4.78 is 27.1. The zero-order chi connectivity index (χ0) is 16.0. The van der Waals surface area contributed by atoms with E-state index in [9.17, 15) is 8.42 Å². The molecule has 0 spiro atoms. The number of rotatable bonds is 7. The molecule has 124 valence electrons. The van der Waals surface area contributed by atoms with Gasteiger partial charge in [0, 0.05) is 39.3 Å². The molecule has 1 aliphatic heterocycles. The quantitative estimate of drug-likeness (QED) is 0.821. The van der Waals surface area contributed by atoms with Gasteiger partial charge in [-0.1, -0.05) is 24.6 Å². The first-order valence-electron chi connectivity index (χ1n) is 8.02. The lowest BCUT2D eigenvalue weighted by Crippen LogP contribution is -2.48. The SMILES string of the molecule is CCCN1CCN(CCNS(=O)(=O)c2ccc(C)cc2)CC1. The van der Waals surface area contributed by atoms with E-state index in [0.717, 1.165) is 44.8 Å². The highest BCUT2D eigenvalue weighted by atomic mass is 32.2. The number of hydrogen-bond acceptors (Lipinski definition) is 4. The van der Waals surface area contributed by atoms with Crippen molar-refractivity contribution in [3.63, 3.8) is 0 Å². The van der Waals surface area contributed by atoms with E-state index in [1.54, 1.807) is 12.1 Å². The van der Waals surface area contributed by atoms with Crippen molar-refractivity contribution in [2.75, 3.05) is 45.8 Å². The number of nitrogens with zero attached hydrogens (tertiary/aromatic N) is 2. The van der Waals surface area contributed by atoms with E-state index in [0.29, 0.717) is 11.4 Å². The summed E-state index contributed by atoms with van der Waals surface area (Å²) in [5.74, 6) is 0. The third-order valence-electron chi connectivity index (χ3n) is 4.06. The van der Waals surface area contributed by atoms with Gasteiger partial charge in [0.15, 0.2) is 0 Å². The largest absolute Gasteiger partial charge is 0.301 e. The maximum absolute atomic E-state index is 12.2. The molecule has 0 unspecified atom stereocenters. The van der Waals surface area contributed by atoms with Gasteiger partial charge in [0.05, 0.1) is 4.90 Å². The number of piperazine rings is 1. The average molecular weight is 325 g/mol. The minimum absolute atomic E-state index is 0.339. The fourth-order valence-corrected chi connectivity index (χ4v) is 3.71. The highest BCUT2D eigenvalue weighted by Crippen LogP contribution is 2.09. The predicted octanol–water partition coefficient (Wildman–Crippen LogP) is 1.30. The van der Waals surface area contributed by atoms with Gasteiger partial charge in [-0.05, 0) is 32.0 Å². The Hall–Kier alpha value is -0.950. The van der Waals surface area contributed by atoms with Gasteiger partial charge < -0.3 is 4.90 Å². The number of benzene rings is 1. The Balaban J connectivity index is 1.75. The summed E-state index contributed by atoms with van der Waals surface area (Å²) in [6.07, 6.45) is 1.19. The van der Waals surface area contributed by atoms with Gasteiger partial charge in [0.25, 0.3) is 0 Å². The molecule has 1 heterocycles. The van der Waals surface area contributed by atoms with Crippen LogP contribution < -0.4 is 4.72 Å². The molecule has 0 aromatic heterocycles. The van der Waals surface area contributed by atoms with Gasteiger partial charge >= 0.3 is 0 Å². The zero-order valence-electron chi connectivity index (χ0n) is 13.6. The van der Waals surface area contributed by atoms with Gasteiger partial charge in [-0.25, -0.2) is 13.1 Å². The van der Waals surface area contributed by atoms with Crippen LogP contribution in [0.4, 0.5) is 0 Å². The smallest absolute Gasteiger partial charge is 0.240 e. The Kier molecular flexibility index (Phi) is 6.37. The normalized spacial score (nSPS) is 17.7. The Bertz CT molecular complexity index is 549. The van der Waals surface area contributed by atoms with Crippen molar-refractivity contribution >= 4 is 10.0 Å². The Morgan fingerprint density at radius 1 is 1.00 bits per heavy atom. The molecule has 0 bridgehead atoms. The molecular formula is C16H27N3O2S. The van der Waals surface area contributed by atoms with E-state index >= 15 is 0 Å². The van der Waals surface area contributed by atoms with E-state index < -0.39 is 10.0 Å². The van der Waals surface area contributed by atoms with Crippen molar-refractivity contribution < 1.29 is 8.42 Å². The number of hydrogen-bond donors (Lipinski definition) is 1. The van der Waals surface area contributed by atoms with E-state index in [2.05, 4.69) is 21.4 Å². The molecular weight excluding hydrogens is 298 g/mol. The summed E-state index contributed by atoms with van der Waals surface area (Å²) >= 11 is 0. The van der Waals surface area contributed by atoms with Crippen LogP contribution in [0.1, 0.15) is 18.9 Å². The van der Waals surface area contributed by atoms with Crippen LogP contribution in [0, 0.1) is 6.92 Å². The van der Waals surface area contributed by atoms with Crippen LogP contribution in [-0.4, -0.2) is 64.0 Å². The first-order chi connectivity index (χ1) is 10.5. The van der Waals surface area contributed by atoms with Crippen LogP contribution in [0.3, 0.4) is 0 Å². The molecule has 0 amide bonds. The fraction of sp³-hybridized carbons (Fsp3) is 0.625. The number of sulfonamides is 1. The van der Waals surface area contributed by atoms with Crippen LogP contribution in [0.5, 0.6) is 0 Å². The molecule has 1 N–H and O–H groups in total. The highest BCUT2D eigenvalue weighted by molar-refractivity contribution is 7.89. The molecule has 0 aliphatic carbocycles. The van der Waals surface area contributed by atoms with Crippen LogP contribution in [-0.2, 0) is 10.0 Å². The van der Waals surface area contributed by atoms with Gasteiger partial charge in [-0.2, -0.15) is 0 Å². The molecule has 1 saturated heterocycles. The van der Waals surface area contributed by atoms with Crippen molar-refractivity contribution in [2.45, 2.75) is 25.2 Å². The summed E-state index contributed by atoms with van der Waals surface area (Å²) in [5.41, 5.74) is 1.06. The standard InChI is InChI=1S/C16H27N3O2S/c1-3-9-18-11-13-19(14-12-18)10-8-17-22(20,21)16-6-4-15(2)5-7-16/h4-7,17H,3,8-14H2,1-2H3. The molecule has 0 atom stereocenters. The molecule has 2 rings (SSSR count). The molecule has 0 radical (unpaired) electrons. The van der Waals surface area contributed by atoms with Crippen molar-refractivity contribution in [3.8, 4) is 0 Å². The van der Waals surface area contributed by atoms with Gasteiger partial charge in [0.1, 0.15) is 0 Å². The van der Waals surface area contributed by atoms with E-state index in [1.165, 1.54) is 6.42 Å². The monoisotopic (exact) mass is 325 g/mol. The Morgan fingerprint density at radius 3 is 2.09 bits per heavy atom. The molecule has 1 aromatic carbocycles. The van der Waals surface area contributed by atoms with Crippen LogP contribution >= 0.6 is 0 Å². The van der Waals surface area contributed by atoms with E-state index in [-0.39, 0.29) is 0 Å². The molecule has 1 aliphatic rings. The van der Waals surface area contributed by atoms with Crippen molar-refractivity contribution in [3.05, 3.63) is 29.8 Å². The first kappa shape index (κ1) is 17.4. The molecule has 0 saturated carbocycles. The average Bonchev–Trinajstić information content (AvgIpc) is 2.50. The lowest BCUT2D eigenvalue weighted by Gasteiger charge is -2.34. The maximum atomic E-state index is 12.2. The third-order valence-corrected chi connectivity index (χ3v) is 5.53. The summed E-state index contributed by atoms with van der Waals surface area (Å²) in [7, 11) is -3.38. The molecule has 5 nitrogen and oxygen atoms in total. The van der Waals surface area contributed by atoms with Gasteiger partial charge in [-0.15, -0.1) is 0 Å².